The largest absolute Gasteiger partial charge is 0.379 e. The lowest BCUT2D eigenvalue weighted by molar-refractivity contribution is 0.0170. The van der Waals surface area contributed by atoms with Crippen LogP contribution in [0.1, 0.15) is 32.4 Å². The molecule has 0 aromatic heterocycles. The average Bonchev–Trinajstić information content (AvgIpc) is 3.09. The Kier molecular flexibility index (Phi) is 8.18. The summed E-state index contributed by atoms with van der Waals surface area (Å²) >= 11 is 6.28. The Morgan fingerprint density at radius 3 is 2.62 bits per heavy atom. The number of nitrogens with one attached hydrogen (secondary N) is 2. The van der Waals surface area contributed by atoms with Gasteiger partial charge in [-0.05, 0) is 37.5 Å². The number of rotatable bonds is 6. The number of guanidine groups is 1. The van der Waals surface area contributed by atoms with E-state index in [0.717, 1.165) is 56.9 Å². The van der Waals surface area contributed by atoms with Crippen molar-refractivity contribution in [2.45, 2.75) is 38.9 Å². The fourth-order valence-corrected chi connectivity index (χ4v) is 4.44. The van der Waals surface area contributed by atoms with Gasteiger partial charge in [0.15, 0.2) is 5.96 Å². The van der Waals surface area contributed by atoms with Crippen LogP contribution in [0.2, 0.25) is 5.02 Å². The van der Waals surface area contributed by atoms with Crippen molar-refractivity contribution in [3.63, 3.8) is 0 Å². The minimum Gasteiger partial charge on any atom is -0.379 e. The standard InChI is InChI=1S/C22H36ClN5O/c1-16(2)28-14-17(3)20(15-28)26-22(24-4)25-13-21(27-8-10-29-11-9-27)18-6-5-7-19(23)12-18/h5-7,12,16-17,20-21H,8-11,13-15H2,1-4H3,(H2,24,25,26). The molecule has 29 heavy (non-hydrogen) atoms. The van der Waals surface area contributed by atoms with Crippen molar-refractivity contribution in [3.8, 4) is 0 Å². The van der Waals surface area contributed by atoms with Crippen LogP contribution in [0.3, 0.4) is 0 Å². The molecule has 3 rings (SSSR count). The van der Waals surface area contributed by atoms with E-state index in [-0.39, 0.29) is 6.04 Å². The highest BCUT2D eigenvalue weighted by atomic mass is 35.5. The van der Waals surface area contributed by atoms with Crippen molar-refractivity contribution in [1.29, 1.82) is 0 Å². The molecular weight excluding hydrogens is 386 g/mol. The number of likely N-dealkylation sites (tertiary alicyclic amines) is 1. The number of nitrogens with zero attached hydrogens (tertiary/aromatic N) is 3. The van der Waals surface area contributed by atoms with Gasteiger partial charge in [0.25, 0.3) is 0 Å². The molecule has 2 aliphatic rings. The van der Waals surface area contributed by atoms with E-state index in [4.69, 9.17) is 16.3 Å². The Morgan fingerprint density at radius 2 is 2.00 bits per heavy atom. The van der Waals surface area contributed by atoms with Gasteiger partial charge in [0.2, 0.25) is 0 Å². The Morgan fingerprint density at radius 1 is 1.24 bits per heavy atom. The molecule has 2 heterocycles. The van der Waals surface area contributed by atoms with E-state index in [1.807, 2.05) is 19.2 Å². The first-order valence-electron chi connectivity index (χ1n) is 10.8. The van der Waals surface area contributed by atoms with E-state index < -0.39 is 0 Å². The SMILES string of the molecule is CN=C(NCC(c1cccc(Cl)c1)N1CCOCC1)NC1CN(C(C)C)CC1C. The summed E-state index contributed by atoms with van der Waals surface area (Å²) < 4.78 is 5.56. The number of hydrogen-bond acceptors (Lipinski definition) is 4. The van der Waals surface area contributed by atoms with Crippen molar-refractivity contribution in [3.05, 3.63) is 34.9 Å². The Hall–Kier alpha value is -1.34. The highest BCUT2D eigenvalue weighted by Gasteiger charge is 2.31. The van der Waals surface area contributed by atoms with E-state index in [1.54, 1.807) is 0 Å². The molecular formula is C22H36ClN5O. The molecule has 0 bridgehead atoms. The van der Waals surface area contributed by atoms with Crippen LogP contribution in [0.25, 0.3) is 0 Å². The second kappa shape index (κ2) is 10.6. The minimum atomic E-state index is 0.226. The number of ether oxygens (including phenoxy) is 1. The topological polar surface area (TPSA) is 52.1 Å². The van der Waals surface area contributed by atoms with Crippen LogP contribution in [0.5, 0.6) is 0 Å². The van der Waals surface area contributed by atoms with Crippen molar-refractivity contribution < 1.29 is 4.74 Å². The molecule has 0 amide bonds. The van der Waals surface area contributed by atoms with Gasteiger partial charge in [0.05, 0.1) is 19.3 Å². The molecule has 0 saturated carbocycles. The minimum absolute atomic E-state index is 0.226. The molecule has 2 aliphatic heterocycles. The molecule has 2 saturated heterocycles. The maximum atomic E-state index is 6.28. The molecule has 2 fully saturated rings. The number of aliphatic imine (C=N–C) groups is 1. The second-order valence-corrected chi connectivity index (χ2v) is 8.88. The summed E-state index contributed by atoms with van der Waals surface area (Å²) in [7, 11) is 1.85. The molecule has 0 aliphatic carbocycles. The third kappa shape index (κ3) is 6.07. The third-order valence-electron chi connectivity index (χ3n) is 6.10. The van der Waals surface area contributed by atoms with Gasteiger partial charge < -0.3 is 15.4 Å². The van der Waals surface area contributed by atoms with Gasteiger partial charge in [-0.3, -0.25) is 14.8 Å². The van der Waals surface area contributed by atoms with Crippen molar-refractivity contribution >= 4 is 17.6 Å². The summed E-state index contributed by atoms with van der Waals surface area (Å²) in [6, 6.07) is 9.40. The first kappa shape index (κ1) is 22.3. The average molecular weight is 422 g/mol. The van der Waals surface area contributed by atoms with E-state index >= 15 is 0 Å². The van der Waals surface area contributed by atoms with Gasteiger partial charge in [0, 0.05) is 56.9 Å². The smallest absolute Gasteiger partial charge is 0.191 e. The third-order valence-corrected chi connectivity index (χ3v) is 6.33. The van der Waals surface area contributed by atoms with Crippen LogP contribution in [0, 0.1) is 5.92 Å². The Labute approximate surface area is 180 Å². The summed E-state index contributed by atoms with van der Waals surface area (Å²) in [6.07, 6.45) is 0. The van der Waals surface area contributed by atoms with E-state index in [2.05, 4.69) is 58.3 Å². The number of hydrogen-bond donors (Lipinski definition) is 2. The fraction of sp³-hybridized carbons (Fsp3) is 0.682. The number of benzene rings is 1. The molecule has 3 atom stereocenters. The van der Waals surface area contributed by atoms with Crippen molar-refractivity contribution in [1.82, 2.24) is 20.4 Å². The van der Waals surface area contributed by atoms with Crippen LogP contribution in [-0.4, -0.2) is 80.8 Å². The van der Waals surface area contributed by atoms with Gasteiger partial charge in [0.1, 0.15) is 0 Å². The maximum absolute atomic E-state index is 6.28. The lowest BCUT2D eigenvalue weighted by Crippen LogP contribution is -2.50. The zero-order chi connectivity index (χ0) is 20.8. The predicted molar refractivity (Wildman–Crippen MR) is 121 cm³/mol. The van der Waals surface area contributed by atoms with Gasteiger partial charge >= 0.3 is 0 Å². The first-order chi connectivity index (χ1) is 14.0. The van der Waals surface area contributed by atoms with Crippen LogP contribution >= 0.6 is 11.6 Å². The lowest BCUT2D eigenvalue weighted by atomic mass is 10.0. The molecule has 6 nitrogen and oxygen atoms in total. The van der Waals surface area contributed by atoms with Crippen LogP contribution in [0.15, 0.2) is 29.3 Å². The van der Waals surface area contributed by atoms with Crippen molar-refractivity contribution in [2.75, 3.05) is 53.0 Å². The summed E-state index contributed by atoms with van der Waals surface area (Å²) in [6.45, 7) is 13.2. The van der Waals surface area contributed by atoms with Crippen LogP contribution in [-0.2, 0) is 4.74 Å². The second-order valence-electron chi connectivity index (χ2n) is 8.45. The first-order valence-corrected chi connectivity index (χ1v) is 11.1. The van der Waals surface area contributed by atoms with Gasteiger partial charge in [-0.2, -0.15) is 0 Å². The normalized spacial score (nSPS) is 25.4. The molecule has 2 N–H and O–H groups in total. The molecule has 3 unspecified atom stereocenters. The molecule has 162 valence electrons. The van der Waals surface area contributed by atoms with E-state index in [0.29, 0.717) is 18.0 Å². The highest BCUT2D eigenvalue weighted by Crippen LogP contribution is 2.24. The Balaban J connectivity index is 1.64. The monoisotopic (exact) mass is 421 g/mol. The van der Waals surface area contributed by atoms with Crippen molar-refractivity contribution in [2.24, 2.45) is 10.9 Å². The summed E-state index contributed by atoms with van der Waals surface area (Å²) in [4.78, 5) is 9.48. The predicted octanol–water partition coefficient (Wildman–Crippen LogP) is 2.61. The van der Waals surface area contributed by atoms with Gasteiger partial charge in [-0.15, -0.1) is 0 Å². The molecule has 7 heteroatoms. The molecule has 1 aromatic carbocycles. The number of halogens is 1. The number of morpholine rings is 1. The summed E-state index contributed by atoms with van der Waals surface area (Å²) in [5, 5.41) is 8.00. The maximum Gasteiger partial charge on any atom is 0.191 e. The van der Waals surface area contributed by atoms with E-state index in [9.17, 15) is 0 Å². The van der Waals surface area contributed by atoms with E-state index in [1.165, 1.54) is 5.56 Å². The molecule has 0 spiro atoms. The van der Waals surface area contributed by atoms with Crippen LogP contribution < -0.4 is 10.6 Å². The molecule has 1 aromatic rings. The lowest BCUT2D eigenvalue weighted by Gasteiger charge is -2.35. The fourth-order valence-electron chi connectivity index (χ4n) is 4.24. The zero-order valence-electron chi connectivity index (χ0n) is 18.2. The van der Waals surface area contributed by atoms with Crippen LogP contribution in [0.4, 0.5) is 0 Å². The van der Waals surface area contributed by atoms with Gasteiger partial charge in [-0.25, -0.2) is 0 Å². The quantitative estimate of drug-likeness (QED) is 0.546. The molecule has 0 radical (unpaired) electrons. The Bertz CT molecular complexity index is 677. The summed E-state index contributed by atoms with van der Waals surface area (Å²) in [5.74, 6) is 1.46. The zero-order valence-corrected chi connectivity index (χ0v) is 19.0. The summed E-state index contributed by atoms with van der Waals surface area (Å²) in [5.41, 5.74) is 1.22. The highest BCUT2D eigenvalue weighted by molar-refractivity contribution is 6.30. The van der Waals surface area contributed by atoms with Gasteiger partial charge in [-0.1, -0.05) is 30.7 Å².